The molecule has 0 saturated carbocycles. The Kier molecular flexibility index (Phi) is 3.90. The van der Waals surface area contributed by atoms with Crippen molar-refractivity contribution in [2.75, 3.05) is 5.32 Å². The predicted molar refractivity (Wildman–Crippen MR) is 61.2 cm³/mol. The minimum Gasteiger partial charge on any atom is -0.480 e. The molecule has 4 heteroatoms. The Morgan fingerprint density at radius 2 is 2.31 bits per heavy atom. The van der Waals surface area contributed by atoms with Gasteiger partial charge in [0.25, 0.3) is 0 Å². The van der Waals surface area contributed by atoms with Gasteiger partial charge in [0.05, 0.1) is 11.3 Å². The number of carbonyl (C=O) groups is 1. The summed E-state index contributed by atoms with van der Waals surface area (Å²) in [6.45, 7) is 3.61. The van der Waals surface area contributed by atoms with E-state index in [0.717, 1.165) is 5.56 Å². The SMILES string of the molecule is CCC(Nc1cccc(C)c1C#N)C(=O)O. The fourth-order valence-corrected chi connectivity index (χ4v) is 1.46. The summed E-state index contributed by atoms with van der Waals surface area (Å²) in [6, 6.07) is 6.76. The molecule has 1 atom stereocenters. The predicted octanol–water partition coefficient (Wildman–Crippen LogP) is 2.14. The average molecular weight is 218 g/mol. The highest BCUT2D eigenvalue weighted by Crippen LogP contribution is 2.19. The van der Waals surface area contributed by atoms with Crippen LogP contribution in [0.3, 0.4) is 0 Å². The average Bonchev–Trinajstić information content (AvgIpc) is 2.25. The Labute approximate surface area is 94.5 Å². The highest BCUT2D eigenvalue weighted by molar-refractivity contribution is 5.78. The normalized spacial score (nSPS) is 11.6. The first kappa shape index (κ1) is 12.1. The number of rotatable bonds is 4. The number of aliphatic carboxylic acids is 1. The molecular weight excluding hydrogens is 204 g/mol. The molecule has 1 rings (SSSR count). The molecule has 2 N–H and O–H groups in total. The molecule has 0 bridgehead atoms. The fraction of sp³-hybridized carbons (Fsp3) is 0.333. The van der Waals surface area contributed by atoms with E-state index in [1.807, 2.05) is 13.0 Å². The van der Waals surface area contributed by atoms with E-state index < -0.39 is 12.0 Å². The van der Waals surface area contributed by atoms with Crippen molar-refractivity contribution in [2.45, 2.75) is 26.3 Å². The van der Waals surface area contributed by atoms with Crippen molar-refractivity contribution in [3.8, 4) is 6.07 Å². The Morgan fingerprint density at radius 3 is 2.81 bits per heavy atom. The van der Waals surface area contributed by atoms with Crippen LogP contribution in [0.25, 0.3) is 0 Å². The number of nitrogens with zero attached hydrogens (tertiary/aromatic N) is 1. The van der Waals surface area contributed by atoms with Crippen LogP contribution in [-0.4, -0.2) is 17.1 Å². The van der Waals surface area contributed by atoms with E-state index >= 15 is 0 Å². The van der Waals surface area contributed by atoms with E-state index in [4.69, 9.17) is 10.4 Å². The molecule has 0 radical (unpaired) electrons. The van der Waals surface area contributed by atoms with Gasteiger partial charge in [0, 0.05) is 0 Å². The first-order valence-electron chi connectivity index (χ1n) is 5.09. The quantitative estimate of drug-likeness (QED) is 0.812. The number of anilines is 1. The monoisotopic (exact) mass is 218 g/mol. The van der Waals surface area contributed by atoms with Gasteiger partial charge in [-0.3, -0.25) is 0 Å². The third kappa shape index (κ3) is 2.51. The van der Waals surface area contributed by atoms with Crippen LogP contribution < -0.4 is 5.32 Å². The van der Waals surface area contributed by atoms with E-state index in [2.05, 4.69) is 11.4 Å². The zero-order chi connectivity index (χ0) is 12.1. The van der Waals surface area contributed by atoms with Crippen LogP contribution in [0, 0.1) is 18.3 Å². The topological polar surface area (TPSA) is 73.1 Å². The minimum absolute atomic E-state index is 0.466. The van der Waals surface area contributed by atoms with Crippen molar-refractivity contribution in [1.82, 2.24) is 0 Å². The molecule has 16 heavy (non-hydrogen) atoms. The molecule has 0 saturated heterocycles. The Hall–Kier alpha value is -2.02. The van der Waals surface area contributed by atoms with Crippen molar-refractivity contribution in [3.05, 3.63) is 29.3 Å². The summed E-state index contributed by atoms with van der Waals surface area (Å²) in [5.41, 5.74) is 1.92. The molecule has 0 heterocycles. The largest absolute Gasteiger partial charge is 0.480 e. The maximum atomic E-state index is 10.9. The Morgan fingerprint density at radius 1 is 1.62 bits per heavy atom. The highest BCUT2D eigenvalue weighted by Gasteiger charge is 2.16. The number of nitrogens with one attached hydrogen (secondary N) is 1. The molecule has 84 valence electrons. The van der Waals surface area contributed by atoms with E-state index in [0.29, 0.717) is 17.7 Å². The zero-order valence-electron chi connectivity index (χ0n) is 9.32. The maximum absolute atomic E-state index is 10.9. The van der Waals surface area contributed by atoms with Gasteiger partial charge in [-0.1, -0.05) is 19.1 Å². The molecule has 0 aliphatic heterocycles. The number of carboxylic acids is 1. The van der Waals surface area contributed by atoms with Crippen LogP contribution in [0.1, 0.15) is 24.5 Å². The van der Waals surface area contributed by atoms with E-state index in [-0.39, 0.29) is 0 Å². The molecule has 4 nitrogen and oxygen atoms in total. The summed E-state index contributed by atoms with van der Waals surface area (Å²) in [6.07, 6.45) is 0.466. The van der Waals surface area contributed by atoms with E-state index in [1.54, 1.807) is 19.1 Å². The zero-order valence-corrected chi connectivity index (χ0v) is 9.32. The van der Waals surface area contributed by atoms with Crippen LogP contribution in [-0.2, 0) is 4.79 Å². The number of carboxylic acid groups (broad SMARTS) is 1. The minimum atomic E-state index is -0.909. The standard InChI is InChI=1S/C12H14N2O2/c1-3-10(12(15)16)14-11-6-4-5-8(2)9(11)7-13/h4-6,10,14H,3H2,1-2H3,(H,15,16). The summed E-state index contributed by atoms with van der Waals surface area (Å²) < 4.78 is 0. The van der Waals surface area contributed by atoms with Crippen molar-refractivity contribution < 1.29 is 9.90 Å². The second kappa shape index (κ2) is 5.17. The number of hydrogen-bond donors (Lipinski definition) is 2. The highest BCUT2D eigenvalue weighted by atomic mass is 16.4. The van der Waals surface area contributed by atoms with Gasteiger partial charge in [0.2, 0.25) is 0 Å². The smallest absolute Gasteiger partial charge is 0.326 e. The van der Waals surface area contributed by atoms with Gasteiger partial charge in [-0.2, -0.15) is 5.26 Å². The van der Waals surface area contributed by atoms with Gasteiger partial charge in [-0.15, -0.1) is 0 Å². The van der Waals surface area contributed by atoms with Crippen molar-refractivity contribution in [3.63, 3.8) is 0 Å². The summed E-state index contributed by atoms with van der Waals surface area (Å²) in [7, 11) is 0. The van der Waals surface area contributed by atoms with Crippen LogP contribution in [0.4, 0.5) is 5.69 Å². The third-order valence-electron chi connectivity index (χ3n) is 2.42. The van der Waals surface area contributed by atoms with Crippen molar-refractivity contribution >= 4 is 11.7 Å². The second-order valence-electron chi connectivity index (χ2n) is 3.55. The number of benzene rings is 1. The van der Waals surface area contributed by atoms with Crippen molar-refractivity contribution in [1.29, 1.82) is 5.26 Å². The lowest BCUT2D eigenvalue weighted by molar-refractivity contribution is -0.137. The van der Waals surface area contributed by atoms with E-state index in [9.17, 15) is 4.79 Å². The lowest BCUT2D eigenvalue weighted by atomic mass is 10.1. The third-order valence-corrected chi connectivity index (χ3v) is 2.42. The summed E-state index contributed by atoms with van der Waals surface area (Å²) in [5.74, 6) is -0.909. The molecule has 1 unspecified atom stereocenters. The van der Waals surface area contributed by atoms with Gasteiger partial charge in [-0.05, 0) is 25.0 Å². The molecule has 0 aromatic heterocycles. The molecule has 0 spiro atoms. The first-order chi connectivity index (χ1) is 7.60. The lowest BCUT2D eigenvalue weighted by Gasteiger charge is -2.15. The van der Waals surface area contributed by atoms with Crippen LogP contribution >= 0.6 is 0 Å². The number of nitriles is 1. The van der Waals surface area contributed by atoms with Crippen molar-refractivity contribution in [2.24, 2.45) is 0 Å². The molecular formula is C12H14N2O2. The number of aryl methyl sites for hydroxylation is 1. The molecule has 1 aromatic rings. The molecule has 0 aliphatic rings. The number of hydrogen-bond acceptors (Lipinski definition) is 3. The Balaban J connectivity index is 3.02. The molecule has 1 aromatic carbocycles. The Bertz CT molecular complexity index is 435. The van der Waals surface area contributed by atoms with Crippen LogP contribution in [0.5, 0.6) is 0 Å². The first-order valence-corrected chi connectivity index (χ1v) is 5.09. The van der Waals surface area contributed by atoms with Gasteiger partial charge < -0.3 is 10.4 Å². The van der Waals surface area contributed by atoms with Crippen LogP contribution in [0.15, 0.2) is 18.2 Å². The van der Waals surface area contributed by atoms with Gasteiger partial charge in [0.15, 0.2) is 0 Å². The molecule has 0 aliphatic carbocycles. The second-order valence-corrected chi connectivity index (χ2v) is 3.55. The van der Waals surface area contributed by atoms with Gasteiger partial charge >= 0.3 is 5.97 Å². The fourth-order valence-electron chi connectivity index (χ4n) is 1.46. The summed E-state index contributed by atoms with van der Waals surface area (Å²) in [5, 5.41) is 20.8. The maximum Gasteiger partial charge on any atom is 0.326 e. The van der Waals surface area contributed by atoms with E-state index in [1.165, 1.54) is 0 Å². The van der Waals surface area contributed by atoms with Gasteiger partial charge in [0.1, 0.15) is 12.1 Å². The molecule has 0 fully saturated rings. The summed E-state index contributed by atoms with van der Waals surface area (Å²) in [4.78, 5) is 10.9. The molecule has 0 amide bonds. The van der Waals surface area contributed by atoms with Gasteiger partial charge in [-0.25, -0.2) is 4.79 Å². The lowest BCUT2D eigenvalue weighted by Crippen LogP contribution is -2.28. The van der Waals surface area contributed by atoms with Crippen LogP contribution in [0.2, 0.25) is 0 Å². The summed E-state index contributed by atoms with van der Waals surface area (Å²) >= 11 is 0.